The van der Waals surface area contributed by atoms with E-state index in [1.54, 1.807) is 6.20 Å². The second kappa shape index (κ2) is 10.1. The summed E-state index contributed by atoms with van der Waals surface area (Å²) in [5, 5.41) is 7.03. The molecule has 0 radical (unpaired) electrons. The van der Waals surface area contributed by atoms with Gasteiger partial charge in [-0.15, -0.1) is 0 Å². The highest BCUT2D eigenvalue weighted by Crippen LogP contribution is 2.53. The summed E-state index contributed by atoms with van der Waals surface area (Å²) >= 11 is 9.97. The third-order valence-electron chi connectivity index (χ3n) is 7.23. The smallest absolute Gasteiger partial charge is 0.148 e. The van der Waals surface area contributed by atoms with Gasteiger partial charge in [-0.25, -0.2) is 19.2 Å². The van der Waals surface area contributed by atoms with Crippen LogP contribution in [0.3, 0.4) is 0 Å². The average Bonchev–Trinajstić information content (AvgIpc) is 3.14. The van der Waals surface area contributed by atoms with Crippen molar-refractivity contribution in [2.24, 2.45) is 16.5 Å². The van der Waals surface area contributed by atoms with E-state index in [4.69, 9.17) is 27.5 Å². The van der Waals surface area contributed by atoms with E-state index in [1.165, 1.54) is 31.0 Å². The molecule has 1 spiro atoms. The molecule has 3 heterocycles. The second-order valence-electron chi connectivity index (χ2n) is 9.63. The Morgan fingerprint density at radius 3 is 2.73 bits per heavy atom. The molecule has 2 aromatic heterocycles. The number of nitrogen functional groups attached to an aromatic ring is 1. The van der Waals surface area contributed by atoms with Gasteiger partial charge < -0.3 is 10.6 Å². The summed E-state index contributed by atoms with van der Waals surface area (Å²) in [5.41, 5.74) is 6.15. The van der Waals surface area contributed by atoms with Crippen LogP contribution in [0.5, 0.6) is 0 Å². The molecule has 1 saturated heterocycles. The average molecular weight is 621 g/mol. The monoisotopic (exact) mass is 620 g/mol. The predicted octanol–water partition coefficient (Wildman–Crippen LogP) is 5.04. The number of aromatic nitrogens is 3. The maximum Gasteiger partial charge on any atom is 0.148 e. The summed E-state index contributed by atoms with van der Waals surface area (Å²) in [6.07, 6.45) is 10.4. The van der Waals surface area contributed by atoms with Gasteiger partial charge in [0.15, 0.2) is 0 Å². The van der Waals surface area contributed by atoms with E-state index in [-0.39, 0.29) is 4.75 Å². The quantitative estimate of drug-likeness (QED) is 0.435. The van der Waals surface area contributed by atoms with E-state index < -0.39 is 11.0 Å². The minimum Gasteiger partial charge on any atom is -0.382 e. The first-order valence-electron chi connectivity index (χ1n) is 11.1. The van der Waals surface area contributed by atoms with Crippen molar-refractivity contribution < 1.29 is 4.21 Å². The summed E-state index contributed by atoms with van der Waals surface area (Å²) in [7, 11) is -1.30. The molecule has 11 heteroatoms. The SMILES string of the molecule is CC(C)(C[C@H]1CCCC12CCN(c1cnc(Sc3ccnc(N)c3Cl)c(I)n1)CC2)S(N)=O. The molecule has 4 N–H and O–H groups in total. The highest BCUT2D eigenvalue weighted by molar-refractivity contribution is 14.1. The molecular formula is C22H30ClIN6OS2. The Labute approximate surface area is 221 Å². The molecule has 0 aromatic carbocycles. The van der Waals surface area contributed by atoms with Gasteiger partial charge in [-0.3, -0.25) is 5.14 Å². The van der Waals surface area contributed by atoms with Crippen LogP contribution >= 0.6 is 46.0 Å². The summed E-state index contributed by atoms with van der Waals surface area (Å²) in [6.45, 7) is 6.00. The highest BCUT2D eigenvalue weighted by Gasteiger charge is 2.47. The molecule has 2 aliphatic rings. The van der Waals surface area contributed by atoms with Crippen LogP contribution in [0.1, 0.15) is 52.4 Å². The van der Waals surface area contributed by atoms with Crippen LogP contribution in [0.15, 0.2) is 28.4 Å². The van der Waals surface area contributed by atoms with Crippen molar-refractivity contribution in [3.63, 3.8) is 0 Å². The highest BCUT2D eigenvalue weighted by atomic mass is 127. The molecule has 1 aliphatic carbocycles. The Bertz CT molecular complexity index is 1050. The number of hydrogen-bond donors (Lipinski definition) is 2. The molecular weight excluding hydrogens is 591 g/mol. The lowest BCUT2D eigenvalue weighted by Crippen LogP contribution is -2.45. The number of nitrogens with two attached hydrogens (primary N) is 2. The maximum absolute atomic E-state index is 12.0. The summed E-state index contributed by atoms with van der Waals surface area (Å²) in [4.78, 5) is 16.7. The Kier molecular flexibility index (Phi) is 7.79. The van der Waals surface area contributed by atoms with Gasteiger partial charge in [0.05, 0.1) is 27.0 Å². The van der Waals surface area contributed by atoms with E-state index in [0.717, 1.165) is 51.8 Å². The van der Waals surface area contributed by atoms with Crippen molar-refractivity contribution >= 4 is 68.6 Å². The van der Waals surface area contributed by atoms with Crippen LogP contribution in [0.4, 0.5) is 11.6 Å². The lowest BCUT2D eigenvalue weighted by Gasteiger charge is -2.45. The lowest BCUT2D eigenvalue weighted by atomic mass is 9.68. The summed E-state index contributed by atoms with van der Waals surface area (Å²) < 4.78 is 12.5. The Morgan fingerprint density at radius 2 is 2.06 bits per heavy atom. The van der Waals surface area contributed by atoms with Gasteiger partial charge in [-0.1, -0.05) is 29.8 Å². The first kappa shape index (κ1) is 25.4. The standard InChI is InChI=1S/C22H30ClIN6OS2/c1-21(2,33(26)31)12-14-4-3-6-22(14)7-10-30(11-8-22)16-13-28-20(18(24)29-16)32-15-5-9-27-19(25)17(15)23/h5,9,13-14H,3-4,6-8,10-12,26H2,1-2H3,(H2,25,27)/t14-,33?/m1/s1. The van der Waals surface area contributed by atoms with Gasteiger partial charge in [0, 0.05) is 24.2 Å². The van der Waals surface area contributed by atoms with Gasteiger partial charge in [0.1, 0.15) is 20.4 Å². The van der Waals surface area contributed by atoms with Crippen molar-refractivity contribution in [1.82, 2.24) is 15.0 Å². The molecule has 1 unspecified atom stereocenters. The number of rotatable bonds is 6. The molecule has 0 amide bonds. The minimum absolute atomic E-state index is 0.315. The molecule has 1 saturated carbocycles. The van der Waals surface area contributed by atoms with Crippen LogP contribution in [-0.4, -0.2) is 37.0 Å². The molecule has 7 nitrogen and oxygen atoms in total. The van der Waals surface area contributed by atoms with Gasteiger partial charge in [-0.05, 0) is 85.9 Å². The maximum atomic E-state index is 12.0. The van der Waals surface area contributed by atoms with Crippen LogP contribution < -0.4 is 15.8 Å². The molecule has 2 fully saturated rings. The van der Waals surface area contributed by atoms with Gasteiger partial charge in [0.2, 0.25) is 0 Å². The lowest BCUT2D eigenvalue weighted by molar-refractivity contribution is 0.134. The Hall–Kier alpha value is -0.690. The molecule has 180 valence electrons. The van der Waals surface area contributed by atoms with Crippen molar-refractivity contribution in [1.29, 1.82) is 0 Å². The number of nitrogens with zero attached hydrogens (tertiary/aromatic N) is 4. The largest absolute Gasteiger partial charge is 0.382 e. The van der Waals surface area contributed by atoms with Gasteiger partial charge in [-0.2, -0.15) is 0 Å². The third-order valence-corrected chi connectivity index (χ3v) is 11.2. The normalized spacial score (nSPS) is 21.5. The minimum atomic E-state index is -1.30. The zero-order valence-corrected chi connectivity index (χ0v) is 23.4. The van der Waals surface area contributed by atoms with E-state index in [9.17, 15) is 4.21 Å². The first-order chi connectivity index (χ1) is 15.6. The fourth-order valence-electron chi connectivity index (χ4n) is 5.24. The molecule has 4 rings (SSSR count). The Balaban J connectivity index is 1.43. The van der Waals surface area contributed by atoms with E-state index in [0.29, 0.717) is 22.2 Å². The zero-order chi connectivity index (χ0) is 23.8. The number of piperidine rings is 1. The number of pyridine rings is 1. The zero-order valence-electron chi connectivity index (χ0n) is 18.9. The van der Waals surface area contributed by atoms with Crippen molar-refractivity contribution in [2.75, 3.05) is 23.7 Å². The van der Waals surface area contributed by atoms with Crippen LogP contribution in [0.25, 0.3) is 0 Å². The number of anilines is 2. The second-order valence-corrected chi connectivity index (χ2v) is 13.8. The Morgan fingerprint density at radius 1 is 1.33 bits per heavy atom. The number of halogens is 2. The van der Waals surface area contributed by atoms with Crippen LogP contribution in [0, 0.1) is 15.0 Å². The summed E-state index contributed by atoms with van der Waals surface area (Å²) in [6, 6.07) is 1.83. The van der Waals surface area contributed by atoms with E-state index in [2.05, 4.69) is 37.5 Å². The van der Waals surface area contributed by atoms with Crippen molar-refractivity contribution in [3.8, 4) is 0 Å². The fourth-order valence-corrected chi connectivity index (χ4v) is 7.31. The molecule has 2 aromatic rings. The van der Waals surface area contributed by atoms with Gasteiger partial charge >= 0.3 is 0 Å². The molecule has 1 aliphatic heterocycles. The van der Waals surface area contributed by atoms with Crippen LogP contribution in [-0.2, 0) is 11.0 Å². The fraction of sp³-hybridized carbons (Fsp3) is 0.591. The number of hydrogen-bond acceptors (Lipinski definition) is 7. The molecule has 2 atom stereocenters. The van der Waals surface area contributed by atoms with Crippen LogP contribution in [0.2, 0.25) is 5.02 Å². The first-order valence-corrected chi connectivity index (χ1v) is 14.6. The van der Waals surface area contributed by atoms with Crippen molar-refractivity contribution in [3.05, 3.63) is 27.2 Å². The van der Waals surface area contributed by atoms with Crippen molar-refractivity contribution in [2.45, 2.75) is 67.0 Å². The predicted molar refractivity (Wildman–Crippen MR) is 145 cm³/mol. The summed E-state index contributed by atoms with van der Waals surface area (Å²) in [5.74, 6) is 1.82. The third kappa shape index (κ3) is 5.44. The topological polar surface area (TPSA) is 111 Å². The molecule has 0 bridgehead atoms. The molecule has 33 heavy (non-hydrogen) atoms. The van der Waals surface area contributed by atoms with E-state index >= 15 is 0 Å². The van der Waals surface area contributed by atoms with Gasteiger partial charge in [0.25, 0.3) is 0 Å². The van der Waals surface area contributed by atoms with E-state index in [1.807, 2.05) is 26.1 Å².